The van der Waals surface area contributed by atoms with Gasteiger partial charge in [0.15, 0.2) is 0 Å². The normalized spacial score (nSPS) is 19.1. The van der Waals surface area contributed by atoms with E-state index in [1.165, 1.54) is 38.5 Å². The van der Waals surface area contributed by atoms with Crippen LogP contribution in [-0.4, -0.2) is 22.8 Å². The Morgan fingerprint density at radius 3 is 2.40 bits per heavy atom. The summed E-state index contributed by atoms with van der Waals surface area (Å²) < 4.78 is 0. The number of carboxylic acid groups (broad SMARTS) is 1. The number of hydrogen-bond acceptors (Lipinski definition) is 2. The first-order valence-corrected chi connectivity index (χ1v) is 8.52. The van der Waals surface area contributed by atoms with Gasteiger partial charge in [-0.3, -0.25) is 4.79 Å². The molecule has 3 nitrogen and oxygen atoms in total. The number of aliphatic carboxylic acids is 1. The van der Waals surface area contributed by atoms with Crippen molar-refractivity contribution in [3.05, 3.63) is 0 Å². The van der Waals surface area contributed by atoms with Gasteiger partial charge < -0.3 is 10.2 Å². The van der Waals surface area contributed by atoms with Crippen molar-refractivity contribution in [3.63, 3.8) is 0 Å². The van der Waals surface area contributed by atoms with E-state index < -0.39 is 5.97 Å². The fourth-order valence-corrected chi connectivity index (χ4v) is 3.64. The van der Waals surface area contributed by atoms with Crippen molar-refractivity contribution < 1.29 is 15.0 Å². The summed E-state index contributed by atoms with van der Waals surface area (Å²) in [7, 11) is 0. The van der Waals surface area contributed by atoms with Crippen LogP contribution < -0.4 is 0 Å². The lowest BCUT2D eigenvalue weighted by molar-refractivity contribution is -0.144. The minimum Gasteiger partial charge on any atom is -0.481 e. The maximum atomic E-state index is 11.5. The van der Waals surface area contributed by atoms with Crippen molar-refractivity contribution in [2.75, 3.05) is 6.61 Å². The molecule has 2 N–H and O–H groups in total. The van der Waals surface area contributed by atoms with Crippen LogP contribution in [0.15, 0.2) is 0 Å². The summed E-state index contributed by atoms with van der Waals surface area (Å²) in [6.07, 6.45) is 12.1. The molecular formula is C17H32O3. The van der Waals surface area contributed by atoms with Crippen molar-refractivity contribution in [3.8, 4) is 0 Å². The van der Waals surface area contributed by atoms with Gasteiger partial charge in [-0.1, -0.05) is 51.9 Å². The monoisotopic (exact) mass is 284 g/mol. The van der Waals surface area contributed by atoms with Gasteiger partial charge in [-0.15, -0.1) is 0 Å². The van der Waals surface area contributed by atoms with Crippen molar-refractivity contribution in [2.24, 2.45) is 17.8 Å². The molecule has 3 heteroatoms. The second-order valence-corrected chi connectivity index (χ2v) is 6.45. The van der Waals surface area contributed by atoms with Crippen LogP contribution in [-0.2, 0) is 4.79 Å². The highest BCUT2D eigenvalue weighted by molar-refractivity contribution is 5.70. The lowest BCUT2D eigenvalue weighted by atomic mass is 9.80. The second kappa shape index (κ2) is 10.2. The Morgan fingerprint density at radius 1 is 1.15 bits per heavy atom. The molecule has 0 aromatic heterocycles. The zero-order valence-electron chi connectivity index (χ0n) is 13.0. The largest absolute Gasteiger partial charge is 0.481 e. The minimum absolute atomic E-state index is 0.180. The lowest BCUT2D eigenvalue weighted by Gasteiger charge is -2.24. The van der Waals surface area contributed by atoms with E-state index in [0.717, 1.165) is 32.1 Å². The van der Waals surface area contributed by atoms with Crippen LogP contribution in [0.3, 0.4) is 0 Å². The van der Waals surface area contributed by atoms with Crippen LogP contribution in [0.5, 0.6) is 0 Å². The number of hydrogen-bond donors (Lipinski definition) is 2. The topological polar surface area (TPSA) is 57.5 Å². The molecule has 0 aromatic rings. The Labute approximate surface area is 123 Å². The summed E-state index contributed by atoms with van der Waals surface area (Å²) in [4.78, 5) is 11.5. The minimum atomic E-state index is -0.617. The molecular weight excluding hydrogens is 252 g/mol. The van der Waals surface area contributed by atoms with Crippen LogP contribution in [0.25, 0.3) is 0 Å². The molecule has 1 aliphatic carbocycles. The molecule has 118 valence electrons. The molecule has 20 heavy (non-hydrogen) atoms. The molecule has 2 unspecified atom stereocenters. The van der Waals surface area contributed by atoms with Crippen LogP contribution in [0.1, 0.15) is 77.6 Å². The highest BCUT2D eigenvalue weighted by Gasteiger charge is 2.32. The maximum absolute atomic E-state index is 11.5. The first-order valence-electron chi connectivity index (χ1n) is 8.52. The summed E-state index contributed by atoms with van der Waals surface area (Å²) >= 11 is 0. The fourth-order valence-electron chi connectivity index (χ4n) is 3.64. The molecule has 1 rings (SSSR count). The first kappa shape index (κ1) is 17.5. The van der Waals surface area contributed by atoms with E-state index in [-0.39, 0.29) is 12.5 Å². The summed E-state index contributed by atoms with van der Waals surface area (Å²) in [6, 6.07) is 0. The summed E-state index contributed by atoms with van der Waals surface area (Å²) in [6.45, 7) is 2.39. The van der Waals surface area contributed by atoms with Crippen molar-refractivity contribution >= 4 is 5.97 Å². The predicted molar refractivity (Wildman–Crippen MR) is 81.7 cm³/mol. The van der Waals surface area contributed by atoms with Gasteiger partial charge in [0.1, 0.15) is 0 Å². The average Bonchev–Trinajstić information content (AvgIpc) is 2.94. The van der Waals surface area contributed by atoms with Gasteiger partial charge in [0.2, 0.25) is 0 Å². The highest BCUT2D eigenvalue weighted by Crippen LogP contribution is 2.36. The molecule has 0 bridgehead atoms. The average molecular weight is 284 g/mol. The Kier molecular flexibility index (Phi) is 8.92. The van der Waals surface area contributed by atoms with E-state index in [0.29, 0.717) is 11.8 Å². The summed E-state index contributed by atoms with van der Waals surface area (Å²) in [5, 5.41) is 18.7. The van der Waals surface area contributed by atoms with Gasteiger partial charge in [-0.05, 0) is 37.5 Å². The number of aliphatic hydroxyl groups excluding tert-OH is 1. The zero-order valence-corrected chi connectivity index (χ0v) is 13.0. The molecule has 2 atom stereocenters. The molecule has 0 spiro atoms. The Morgan fingerprint density at radius 2 is 1.85 bits per heavy atom. The Bertz CT molecular complexity index is 259. The highest BCUT2D eigenvalue weighted by atomic mass is 16.4. The van der Waals surface area contributed by atoms with Gasteiger partial charge in [-0.2, -0.15) is 0 Å². The van der Waals surface area contributed by atoms with Crippen LogP contribution in [0.2, 0.25) is 0 Å². The zero-order chi connectivity index (χ0) is 14.8. The SMILES string of the molecule is CCCCCCC(CCO)CC(C(=O)O)C1CCCC1. The predicted octanol–water partition coefficient (Wildman–Crippen LogP) is 4.24. The first-order chi connectivity index (χ1) is 9.69. The van der Waals surface area contributed by atoms with E-state index in [9.17, 15) is 15.0 Å². The number of rotatable bonds is 11. The third-order valence-corrected chi connectivity index (χ3v) is 4.88. The van der Waals surface area contributed by atoms with E-state index in [1.54, 1.807) is 0 Å². The van der Waals surface area contributed by atoms with Gasteiger partial charge in [0.05, 0.1) is 5.92 Å². The molecule has 0 radical (unpaired) electrons. The molecule has 0 aromatic carbocycles. The molecule has 0 heterocycles. The Hall–Kier alpha value is -0.570. The third kappa shape index (κ3) is 6.25. The number of aliphatic hydroxyl groups is 1. The molecule has 1 saturated carbocycles. The van der Waals surface area contributed by atoms with Gasteiger partial charge in [0, 0.05) is 6.61 Å². The van der Waals surface area contributed by atoms with E-state index >= 15 is 0 Å². The quantitative estimate of drug-likeness (QED) is 0.558. The molecule has 1 aliphatic rings. The van der Waals surface area contributed by atoms with Crippen molar-refractivity contribution in [2.45, 2.75) is 77.6 Å². The molecule has 0 aliphatic heterocycles. The standard InChI is InChI=1S/C17H32O3/c1-2-3-4-5-8-14(11-12-18)13-16(17(19)20)15-9-6-7-10-15/h14-16,18H,2-13H2,1H3,(H,19,20). The van der Waals surface area contributed by atoms with Crippen LogP contribution in [0.4, 0.5) is 0 Å². The Balaban J connectivity index is 2.44. The fraction of sp³-hybridized carbons (Fsp3) is 0.941. The van der Waals surface area contributed by atoms with Crippen molar-refractivity contribution in [1.82, 2.24) is 0 Å². The van der Waals surface area contributed by atoms with Gasteiger partial charge in [-0.25, -0.2) is 0 Å². The van der Waals surface area contributed by atoms with E-state index in [4.69, 9.17) is 0 Å². The van der Waals surface area contributed by atoms with Crippen molar-refractivity contribution in [1.29, 1.82) is 0 Å². The molecule has 1 fully saturated rings. The number of carbonyl (C=O) groups is 1. The van der Waals surface area contributed by atoms with Crippen LogP contribution in [0, 0.1) is 17.8 Å². The van der Waals surface area contributed by atoms with Crippen LogP contribution >= 0.6 is 0 Å². The number of carboxylic acids is 1. The number of unbranched alkanes of at least 4 members (excludes halogenated alkanes) is 3. The summed E-state index contributed by atoms with van der Waals surface area (Å²) in [5.74, 6) is -0.0310. The molecule has 0 saturated heterocycles. The van der Waals surface area contributed by atoms with E-state index in [2.05, 4.69) is 6.92 Å². The lowest BCUT2D eigenvalue weighted by Crippen LogP contribution is -2.25. The van der Waals surface area contributed by atoms with E-state index in [1.807, 2.05) is 0 Å². The smallest absolute Gasteiger partial charge is 0.306 e. The maximum Gasteiger partial charge on any atom is 0.306 e. The summed E-state index contributed by atoms with van der Waals surface area (Å²) in [5.41, 5.74) is 0. The third-order valence-electron chi connectivity index (χ3n) is 4.88. The second-order valence-electron chi connectivity index (χ2n) is 6.45. The molecule has 0 amide bonds. The van der Waals surface area contributed by atoms with Gasteiger partial charge >= 0.3 is 5.97 Å². The van der Waals surface area contributed by atoms with Gasteiger partial charge in [0.25, 0.3) is 0 Å².